The van der Waals surface area contributed by atoms with Gasteiger partial charge in [0.05, 0.1) is 25.3 Å². The first kappa shape index (κ1) is 13.3. The van der Waals surface area contributed by atoms with Crippen molar-refractivity contribution in [1.29, 1.82) is 5.26 Å². The summed E-state index contributed by atoms with van der Waals surface area (Å²) in [6.07, 6.45) is 1.86. The van der Waals surface area contributed by atoms with Crippen molar-refractivity contribution in [3.63, 3.8) is 0 Å². The summed E-state index contributed by atoms with van der Waals surface area (Å²) in [4.78, 5) is 13.4. The Labute approximate surface area is 101 Å². The molecule has 0 aliphatic heterocycles. The highest BCUT2D eigenvalue weighted by atomic mass is 16.5. The van der Waals surface area contributed by atoms with Crippen LogP contribution in [0.5, 0.6) is 0 Å². The highest BCUT2D eigenvalue weighted by Gasteiger charge is 2.14. The van der Waals surface area contributed by atoms with E-state index in [1.165, 1.54) is 0 Å². The number of amides is 1. The van der Waals surface area contributed by atoms with E-state index in [4.69, 9.17) is 14.4 Å². The molecule has 0 fully saturated rings. The second-order valence-electron chi connectivity index (χ2n) is 3.44. The van der Waals surface area contributed by atoms with E-state index in [9.17, 15) is 4.79 Å². The lowest BCUT2D eigenvalue weighted by Gasteiger charge is -2.20. The van der Waals surface area contributed by atoms with E-state index in [0.717, 1.165) is 0 Å². The molecule has 1 heterocycles. The maximum absolute atomic E-state index is 11.8. The van der Waals surface area contributed by atoms with Gasteiger partial charge in [-0.25, -0.2) is 0 Å². The maximum Gasteiger partial charge on any atom is 0.249 e. The molecule has 92 valence electrons. The first-order valence-corrected chi connectivity index (χ1v) is 5.52. The predicted molar refractivity (Wildman–Crippen MR) is 60.8 cm³/mol. The minimum Gasteiger partial charge on any atom is -0.467 e. The van der Waals surface area contributed by atoms with Gasteiger partial charge in [0.15, 0.2) is 0 Å². The average molecular weight is 236 g/mol. The highest BCUT2D eigenvalue weighted by Crippen LogP contribution is 2.06. The molecule has 0 bridgehead atoms. The second-order valence-corrected chi connectivity index (χ2v) is 3.44. The molecule has 0 saturated carbocycles. The number of hydrogen-bond acceptors (Lipinski definition) is 4. The molecule has 0 unspecified atom stereocenters. The van der Waals surface area contributed by atoms with Gasteiger partial charge >= 0.3 is 0 Å². The molecule has 0 aliphatic rings. The molecule has 0 radical (unpaired) electrons. The third kappa shape index (κ3) is 4.70. The summed E-state index contributed by atoms with van der Waals surface area (Å²) in [6, 6.07) is 5.59. The first-order valence-electron chi connectivity index (χ1n) is 5.52. The molecule has 1 rings (SSSR count). The summed E-state index contributed by atoms with van der Waals surface area (Å²) in [5, 5.41) is 8.56. The van der Waals surface area contributed by atoms with Crippen molar-refractivity contribution in [1.82, 2.24) is 4.90 Å². The number of rotatable bonds is 7. The summed E-state index contributed by atoms with van der Waals surface area (Å²) in [5.41, 5.74) is 0. The standard InChI is InChI=1S/C12H16N2O3/c1-2-16-10-12(15)14(7-4-6-13)9-11-5-3-8-17-11/h3,5,8H,2,4,7,9-10H2,1H3. The topological polar surface area (TPSA) is 66.5 Å². The Morgan fingerprint density at radius 1 is 1.65 bits per heavy atom. The first-order chi connectivity index (χ1) is 8.27. The molecule has 0 saturated heterocycles. The maximum atomic E-state index is 11.8. The zero-order chi connectivity index (χ0) is 12.5. The monoisotopic (exact) mass is 236 g/mol. The van der Waals surface area contributed by atoms with Gasteiger partial charge in [0, 0.05) is 13.2 Å². The van der Waals surface area contributed by atoms with Crippen LogP contribution in [0, 0.1) is 11.3 Å². The number of hydrogen-bond donors (Lipinski definition) is 0. The van der Waals surface area contributed by atoms with Crippen LogP contribution in [0.1, 0.15) is 19.1 Å². The lowest BCUT2D eigenvalue weighted by Crippen LogP contribution is -2.34. The number of carbonyl (C=O) groups is 1. The van der Waals surface area contributed by atoms with Gasteiger partial charge in [0.1, 0.15) is 12.4 Å². The Morgan fingerprint density at radius 3 is 3.06 bits per heavy atom. The molecule has 1 aromatic rings. The van der Waals surface area contributed by atoms with Crippen molar-refractivity contribution in [3.05, 3.63) is 24.2 Å². The van der Waals surface area contributed by atoms with Crippen molar-refractivity contribution < 1.29 is 13.9 Å². The molecule has 0 aromatic carbocycles. The normalized spacial score (nSPS) is 9.88. The van der Waals surface area contributed by atoms with Gasteiger partial charge in [-0.3, -0.25) is 4.79 Å². The third-order valence-corrected chi connectivity index (χ3v) is 2.20. The van der Waals surface area contributed by atoms with Gasteiger partial charge in [-0.2, -0.15) is 5.26 Å². The van der Waals surface area contributed by atoms with Crippen LogP contribution in [0.3, 0.4) is 0 Å². The van der Waals surface area contributed by atoms with Crippen LogP contribution in [0.25, 0.3) is 0 Å². The Balaban J connectivity index is 2.53. The van der Waals surface area contributed by atoms with Crippen LogP contribution in [-0.4, -0.2) is 30.6 Å². The largest absolute Gasteiger partial charge is 0.467 e. The van der Waals surface area contributed by atoms with E-state index in [1.807, 2.05) is 13.0 Å². The molecule has 5 nitrogen and oxygen atoms in total. The molecular formula is C12H16N2O3. The summed E-state index contributed by atoms with van der Waals surface area (Å²) < 4.78 is 10.3. The van der Waals surface area contributed by atoms with Crippen LogP contribution in [0.4, 0.5) is 0 Å². The smallest absolute Gasteiger partial charge is 0.249 e. The number of nitrogens with zero attached hydrogens (tertiary/aromatic N) is 2. The molecule has 1 aromatic heterocycles. The second kappa shape index (κ2) is 7.47. The van der Waals surface area contributed by atoms with Crippen molar-refractivity contribution in [3.8, 4) is 6.07 Å². The third-order valence-electron chi connectivity index (χ3n) is 2.20. The number of ether oxygens (including phenoxy) is 1. The summed E-state index contributed by atoms with van der Waals surface area (Å²) in [6.45, 7) is 3.14. The quantitative estimate of drug-likeness (QED) is 0.720. The van der Waals surface area contributed by atoms with Crippen molar-refractivity contribution >= 4 is 5.91 Å². The lowest BCUT2D eigenvalue weighted by atomic mass is 10.3. The summed E-state index contributed by atoms with van der Waals surface area (Å²) in [5.74, 6) is 0.575. The summed E-state index contributed by atoms with van der Waals surface area (Å²) in [7, 11) is 0. The van der Waals surface area contributed by atoms with Crippen LogP contribution >= 0.6 is 0 Å². The molecule has 0 N–H and O–H groups in total. The fourth-order valence-corrected chi connectivity index (χ4v) is 1.35. The molecular weight excluding hydrogens is 220 g/mol. The summed E-state index contributed by atoms with van der Waals surface area (Å²) >= 11 is 0. The Hall–Kier alpha value is -1.80. The van der Waals surface area contributed by atoms with Gasteiger partial charge < -0.3 is 14.1 Å². The van der Waals surface area contributed by atoms with Crippen LogP contribution in [-0.2, 0) is 16.1 Å². The lowest BCUT2D eigenvalue weighted by molar-refractivity contribution is -0.136. The van der Waals surface area contributed by atoms with Crippen molar-refractivity contribution in [2.45, 2.75) is 19.9 Å². The number of carbonyl (C=O) groups excluding carboxylic acids is 1. The number of furan rings is 1. The minimum atomic E-state index is -0.126. The molecule has 0 atom stereocenters. The van der Waals surface area contributed by atoms with E-state index >= 15 is 0 Å². The Bertz CT molecular complexity index is 368. The molecule has 5 heteroatoms. The molecule has 17 heavy (non-hydrogen) atoms. The average Bonchev–Trinajstić information content (AvgIpc) is 2.84. The van der Waals surface area contributed by atoms with Gasteiger partial charge in [0.2, 0.25) is 5.91 Å². The molecule has 0 aliphatic carbocycles. The van der Waals surface area contributed by atoms with E-state index in [0.29, 0.717) is 31.9 Å². The van der Waals surface area contributed by atoms with E-state index in [-0.39, 0.29) is 12.5 Å². The number of nitriles is 1. The molecule has 0 spiro atoms. The highest BCUT2D eigenvalue weighted by molar-refractivity contribution is 5.77. The van der Waals surface area contributed by atoms with E-state index in [1.54, 1.807) is 23.3 Å². The van der Waals surface area contributed by atoms with Crippen molar-refractivity contribution in [2.75, 3.05) is 19.8 Å². The van der Waals surface area contributed by atoms with E-state index < -0.39 is 0 Å². The SMILES string of the molecule is CCOCC(=O)N(CCC#N)Cc1ccco1. The van der Waals surface area contributed by atoms with E-state index in [2.05, 4.69) is 0 Å². The van der Waals surface area contributed by atoms with Crippen LogP contribution in [0.2, 0.25) is 0 Å². The van der Waals surface area contributed by atoms with Gasteiger partial charge in [-0.05, 0) is 19.1 Å². The fourth-order valence-electron chi connectivity index (χ4n) is 1.35. The van der Waals surface area contributed by atoms with Crippen LogP contribution in [0.15, 0.2) is 22.8 Å². The Morgan fingerprint density at radius 2 is 2.47 bits per heavy atom. The zero-order valence-corrected chi connectivity index (χ0v) is 9.89. The minimum absolute atomic E-state index is 0.0443. The van der Waals surface area contributed by atoms with Gasteiger partial charge in [-0.1, -0.05) is 0 Å². The van der Waals surface area contributed by atoms with Gasteiger partial charge in [-0.15, -0.1) is 0 Å². The fraction of sp³-hybridized carbons (Fsp3) is 0.500. The van der Waals surface area contributed by atoms with Crippen LogP contribution < -0.4 is 0 Å². The zero-order valence-electron chi connectivity index (χ0n) is 9.89. The Kier molecular flexibility index (Phi) is 5.83. The van der Waals surface area contributed by atoms with Gasteiger partial charge in [0.25, 0.3) is 0 Å². The van der Waals surface area contributed by atoms with Crippen molar-refractivity contribution in [2.24, 2.45) is 0 Å². The molecule has 1 amide bonds. The predicted octanol–water partition coefficient (Wildman–Crippen LogP) is 1.56.